The lowest BCUT2D eigenvalue weighted by Gasteiger charge is -2.15. The summed E-state index contributed by atoms with van der Waals surface area (Å²) in [5.41, 5.74) is 2.15. The van der Waals surface area contributed by atoms with E-state index < -0.39 is 10.0 Å². The van der Waals surface area contributed by atoms with E-state index in [4.69, 9.17) is 5.14 Å². The maximum atomic E-state index is 12.1. The molecule has 2 amide bonds. The number of nitrogens with two attached hydrogens (primary N) is 1. The molecule has 2 aromatic rings. The normalized spacial score (nSPS) is 14.5. The summed E-state index contributed by atoms with van der Waals surface area (Å²) < 4.78 is 22.4. The molecule has 2 aromatic carbocycles. The average Bonchev–Trinajstić information content (AvgIpc) is 3.01. The molecule has 0 spiro atoms. The number of primary sulfonamides is 1. The first kappa shape index (κ1) is 18.1. The number of benzene rings is 2. The van der Waals surface area contributed by atoms with Gasteiger partial charge in [-0.15, -0.1) is 0 Å². The summed E-state index contributed by atoms with van der Waals surface area (Å²) in [5, 5.41) is 7.74. The third kappa shape index (κ3) is 4.27. The number of amides is 2. The molecule has 26 heavy (non-hydrogen) atoms. The van der Waals surface area contributed by atoms with Gasteiger partial charge in [0.15, 0.2) is 0 Å². The van der Waals surface area contributed by atoms with E-state index in [9.17, 15) is 18.0 Å². The SMILES string of the molecule is NS(=O)(=O)c1ccc(NC(=O)Cc2ccc(N3CCCC3=O)cc2)cc1. The van der Waals surface area contributed by atoms with Crippen molar-refractivity contribution in [1.29, 1.82) is 0 Å². The van der Waals surface area contributed by atoms with Crippen LogP contribution in [-0.4, -0.2) is 26.8 Å². The molecule has 8 heteroatoms. The largest absolute Gasteiger partial charge is 0.326 e. The van der Waals surface area contributed by atoms with Crippen LogP contribution in [0, 0.1) is 0 Å². The number of hydrogen-bond acceptors (Lipinski definition) is 4. The summed E-state index contributed by atoms with van der Waals surface area (Å²) in [6.07, 6.45) is 1.62. The lowest BCUT2D eigenvalue weighted by atomic mass is 10.1. The zero-order valence-corrected chi connectivity index (χ0v) is 14.8. The Hall–Kier alpha value is -2.71. The van der Waals surface area contributed by atoms with Crippen LogP contribution in [0.1, 0.15) is 18.4 Å². The highest BCUT2D eigenvalue weighted by Crippen LogP contribution is 2.22. The monoisotopic (exact) mass is 373 g/mol. The smallest absolute Gasteiger partial charge is 0.238 e. The van der Waals surface area contributed by atoms with Gasteiger partial charge in [-0.2, -0.15) is 0 Å². The predicted molar refractivity (Wildman–Crippen MR) is 98.2 cm³/mol. The minimum absolute atomic E-state index is 0.0115. The van der Waals surface area contributed by atoms with Gasteiger partial charge < -0.3 is 10.2 Å². The van der Waals surface area contributed by atoms with Crippen LogP contribution in [-0.2, 0) is 26.0 Å². The highest BCUT2D eigenvalue weighted by atomic mass is 32.2. The van der Waals surface area contributed by atoms with Crippen molar-refractivity contribution < 1.29 is 18.0 Å². The van der Waals surface area contributed by atoms with E-state index in [1.54, 1.807) is 4.90 Å². The Balaban J connectivity index is 1.60. The van der Waals surface area contributed by atoms with Crippen LogP contribution in [0.25, 0.3) is 0 Å². The van der Waals surface area contributed by atoms with Crippen molar-refractivity contribution in [2.24, 2.45) is 5.14 Å². The fraction of sp³-hybridized carbons (Fsp3) is 0.222. The molecule has 1 aliphatic heterocycles. The molecule has 136 valence electrons. The molecule has 7 nitrogen and oxygen atoms in total. The van der Waals surface area contributed by atoms with Crippen LogP contribution in [0.15, 0.2) is 53.4 Å². The van der Waals surface area contributed by atoms with E-state index >= 15 is 0 Å². The maximum absolute atomic E-state index is 12.1. The van der Waals surface area contributed by atoms with Gasteiger partial charge in [0.25, 0.3) is 0 Å². The standard InChI is InChI=1S/C18H19N3O4S/c19-26(24,25)16-9-5-14(6-10-16)20-17(22)12-13-3-7-15(8-4-13)21-11-1-2-18(21)23/h3-10H,1-2,11-12H2,(H,20,22)(H2,19,24,25). The molecule has 1 saturated heterocycles. The van der Waals surface area contributed by atoms with E-state index in [0.29, 0.717) is 12.1 Å². The Bertz CT molecular complexity index is 922. The van der Waals surface area contributed by atoms with Crippen LogP contribution in [0.4, 0.5) is 11.4 Å². The van der Waals surface area contributed by atoms with Gasteiger partial charge in [0.1, 0.15) is 0 Å². The van der Waals surface area contributed by atoms with Gasteiger partial charge in [-0.05, 0) is 48.4 Å². The number of nitrogens with zero attached hydrogens (tertiary/aromatic N) is 1. The molecule has 0 aliphatic carbocycles. The Morgan fingerprint density at radius 2 is 1.73 bits per heavy atom. The first-order valence-corrected chi connectivity index (χ1v) is 9.69. The van der Waals surface area contributed by atoms with Gasteiger partial charge in [-0.25, -0.2) is 13.6 Å². The molecule has 3 rings (SSSR count). The Morgan fingerprint density at radius 1 is 1.08 bits per heavy atom. The molecule has 1 aliphatic rings. The van der Waals surface area contributed by atoms with Crippen LogP contribution in [0.2, 0.25) is 0 Å². The fourth-order valence-corrected chi connectivity index (χ4v) is 3.35. The second-order valence-corrected chi connectivity index (χ2v) is 7.67. The highest BCUT2D eigenvalue weighted by molar-refractivity contribution is 7.89. The van der Waals surface area contributed by atoms with Crippen molar-refractivity contribution in [3.8, 4) is 0 Å². The minimum Gasteiger partial charge on any atom is -0.326 e. The molecular weight excluding hydrogens is 354 g/mol. The van der Waals surface area contributed by atoms with Gasteiger partial charge in [0.2, 0.25) is 21.8 Å². The van der Waals surface area contributed by atoms with Gasteiger partial charge in [0, 0.05) is 24.3 Å². The van der Waals surface area contributed by atoms with Crippen molar-refractivity contribution in [3.05, 3.63) is 54.1 Å². The maximum Gasteiger partial charge on any atom is 0.238 e. The zero-order chi connectivity index (χ0) is 18.7. The quantitative estimate of drug-likeness (QED) is 0.830. The average molecular weight is 373 g/mol. The Kier molecular flexibility index (Phi) is 5.06. The molecule has 0 bridgehead atoms. The van der Waals surface area contributed by atoms with Gasteiger partial charge >= 0.3 is 0 Å². The van der Waals surface area contributed by atoms with E-state index in [-0.39, 0.29) is 23.1 Å². The summed E-state index contributed by atoms with van der Waals surface area (Å²) >= 11 is 0. The molecule has 1 heterocycles. The van der Waals surface area contributed by atoms with E-state index in [1.165, 1.54) is 24.3 Å². The topological polar surface area (TPSA) is 110 Å². The van der Waals surface area contributed by atoms with Crippen LogP contribution in [0.5, 0.6) is 0 Å². The summed E-state index contributed by atoms with van der Waals surface area (Å²) in [4.78, 5) is 25.6. The number of carbonyl (C=O) groups is 2. The number of sulfonamides is 1. The highest BCUT2D eigenvalue weighted by Gasteiger charge is 2.21. The molecule has 3 N–H and O–H groups in total. The van der Waals surface area contributed by atoms with Gasteiger partial charge in [-0.1, -0.05) is 12.1 Å². The summed E-state index contributed by atoms with van der Waals surface area (Å²) in [7, 11) is -3.75. The molecule has 0 unspecified atom stereocenters. The lowest BCUT2D eigenvalue weighted by molar-refractivity contribution is -0.117. The summed E-state index contributed by atoms with van der Waals surface area (Å²) in [6.45, 7) is 0.729. The first-order chi connectivity index (χ1) is 12.3. The van der Waals surface area contributed by atoms with Gasteiger partial charge in [0.05, 0.1) is 11.3 Å². The van der Waals surface area contributed by atoms with Gasteiger partial charge in [-0.3, -0.25) is 9.59 Å². The summed E-state index contributed by atoms with van der Waals surface area (Å²) in [5.74, 6) is -0.100. The van der Waals surface area contributed by atoms with Crippen LogP contribution >= 0.6 is 0 Å². The molecule has 0 saturated carbocycles. The van der Waals surface area contributed by atoms with Crippen LogP contribution in [0.3, 0.4) is 0 Å². The van der Waals surface area contributed by atoms with E-state index in [0.717, 1.165) is 24.2 Å². The van der Waals surface area contributed by atoms with Crippen molar-refractivity contribution in [2.75, 3.05) is 16.8 Å². The first-order valence-electron chi connectivity index (χ1n) is 8.15. The molecule has 0 aromatic heterocycles. The summed E-state index contributed by atoms with van der Waals surface area (Å²) in [6, 6.07) is 13.0. The minimum atomic E-state index is -3.75. The van der Waals surface area contributed by atoms with Crippen LogP contribution < -0.4 is 15.4 Å². The number of carbonyl (C=O) groups excluding carboxylic acids is 2. The number of nitrogens with one attached hydrogen (secondary N) is 1. The van der Waals surface area contributed by atoms with Crippen molar-refractivity contribution in [2.45, 2.75) is 24.2 Å². The van der Waals surface area contributed by atoms with E-state index in [1.807, 2.05) is 24.3 Å². The Labute approximate surface area is 151 Å². The van der Waals surface area contributed by atoms with Crippen molar-refractivity contribution in [1.82, 2.24) is 0 Å². The van der Waals surface area contributed by atoms with E-state index in [2.05, 4.69) is 5.32 Å². The second kappa shape index (κ2) is 7.27. The molecule has 0 radical (unpaired) electrons. The molecule has 0 atom stereocenters. The number of anilines is 2. The van der Waals surface area contributed by atoms with Crippen molar-refractivity contribution >= 4 is 33.2 Å². The number of rotatable bonds is 5. The number of hydrogen-bond donors (Lipinski definition) is 2. The molecular formula is C18H19N3O4S. The van der Waals surface area contributed by atoms with Crippen molar-refractivity contribution in [3.63, 3.8) is 0 Å². The second-order valence-electron chi connectivity index (χ2n) is 6.11. The fourth-order valence-electron chi connectivity index (χ4n) is 2.83. The lowest BCUT2D eigenvalue weighted by Crippen LogP contribution is -2.23. The predicted octanol–water partition coefficient (Wildman–Crippen LogP) is 1.64. The third-order valence-corrected chi connectivity index (χ3v) is 5.08. The molecule has 1 fully saturated rings. The zero-order valence-electron chi connectivity index (χ0n) is 14.0. The Morgan fingerprint density at radius 3 is 2.27 bits per heavy atom. The third-order valence-electron chi connectivity index (χ3n) is 4.15.